The quantitative estimate of drug-likeness (QED) is 0.862. The summed E-state index contributed by atoms with van der Waals surface area (Å²) in [6.07, 6.45) is -8.45. The Morgan fingerprint density at radius 3 is 2.37 bits per heavy atom. The van der Waals surface area contributed by atoms with Crippen molar-refractivity contribution in [3.63, 3.8) is 0 Å². The number of halogens is 5. The van der Waals surface area contributed by atoms with Gasteiger partial charge in [-0.3, -0.25) is 0 Å². The fourth-order valence-corrected chi connectivity index (χ4v) is 1.18. The highest BCUT2D eigenvalue weighted by Gasteiger charge is 2.35. The lowest BCUT2D eigenvalue weighted by Gasteiger charge is -2.15. The zero-order valence-corrected chi connectivity index (χ0v) is 9.16. The molecule has 1 N–H and O–H groups in total. The molecule has 0 spiro atoms. The van der Waals surface area contributed by atoms with Crippen molar-refractivity contribution in [2.45, 2.75) is 12.8 Å². The standard InChI is InChI=1S/C9H6F5NO4/c1-18-6-4(19-9(12,13)14)2-3(7(10)11)15-5(6)8(16)17/h2,7H,1H3,(H,16,17). The number of nitrogens with zero attached hydrogens (tertiary/aromatic N) is 1. The number of carbonyl (C=O) groups is 1. The van der Waals surface area contributed by atoms with Crippen molar-refractivity contribution in [2.24, 2.45) is 0 Å². The van der Waals surface area contributed by atoms with Crippen molar-refractivity contribution in [3.8, 4) is 11.5 Å². The van der Waals surface area contributed by atoms with Crippen LogP contribution in [0.4, 0.5) is 22.0 Å². The Balaban J connectivity index is 3.44. The van der Waals surface area contributed by atoms with Crippen LogP contribution in [-0.4, -0.2) is 29.5 Å². The first-order valence-corrected chi connectivity index (χ1v) is 4.51. The van der Waals surface area contributed by atoms with E-state index in [1.54, 1.807) is 0 Å². The molecule has 0 atom stereocenters. The van der Waals surface area contributed by atoms with Gasteiger partial charge in [0, 0.05) is 6.07 Å². The molecule has 0 bridgehead atoms. The molecular weight excluding hydrogens is 281 g/mol. The summed E-state index contributed by atoms with van der Waals surface area (Å²) in [5.41, 5.74) is -2.27. The number of pyridine rings is 1. The van der Waals surface area contributed by atoms with E-state index in [2.05, 4.69) is 14.5 Å². The van der Waals surface area contributed by atoms with Crippen molar-refractivity contribution >= 4 is 5.97 Å². The van der Waals surface area contributed by atoms with E-state index in [0.29, 0.717) is 0 Å². The van der Waals surface area contributed by atoms with Gasteiger partial charge in [0.1, 0.15) is 5.69 Å². The normalized spacial score (nSPS) is 11.5. The monoisotopic (exact) mass is 287 g/mol. The number of alkyl halides is 5. The lowest BCUT2D eigenvalue weighted by atomic mass is 10.2. The van der Waals surface area contributed by atoms with Crippen LogP contribution in [-0.2, 0) is 0 Å². The Hall–Kier alpha value is -2.13. The lowest BCUT2D eigenvalue weighted by Crippen LogP contribution is -2.19. The van der Waals surface area contributed by atoms with Gasteiger partial charge < -0.3 is 14.6 Å². The Morgan fingerprint density at radius 1 is 1.42 bits per heavy atom. The van der Waals surface area contributed by atoms with Gasteiger partial charge in [-0.05, 0) is 0 Å². The Kier molecular flexibility index (Phi) is 4.12. The zero-order valence-electron chi connectivity index (χ0n) is 9.16. The van der Waals surface area contributed by atoms with Crippen LogP contribution < -0.4 is 9.47 Å². The number of aromatic nitrogens is 1. The summed E-state index contributed by atoms with van der Waals surface area (Å²) in [4.78, 5) is 13.8. The van der Waals surface area contributed by atoms with Crippen LogP contribution in [0.2, 0.25) is 0 Å². The maximum Gasteiger partial charge on any atom is 0.573 e. The highest BCUT2D eigenvalue weighted by atomic mass is 19.4. The van der Waals surface area contributed by atoms with Crippen LogP contribution >= 0.6 is 0 Å². The third-order valence-corrected chi connectivity index (χ3v) is 1.81. The summed E-state index contributed by atoms with van der Waals surface area (Å²) < 4.78 is 69.0. The molecule has 106 valence electrons. The molecule has 1 aromatic rings. The molecule has 5 nitrogen and oxygen atoms in total. The molecule has 0 fully saturated rings. The lowest BCUT2D eigenvalue weighted by molar-refractivity contribution is -0.275. The van der Waals surface area contributed by atoms with Crippen molar-refractivity contribution in [1.82, 2.24) is 4.98 Å². The molecule has 0 aromatic carbocycles. The average molecular weight is 287 g/mol. The summed E-state index contributed by atoms with van der Waals surface area (Å²) in [5, 5.41) is 8.70. The van der Waals surface area contributed by atoms with E-state index < -0.39 is 41.6 Å². The average Bonchev–Trinajstić information content (AvgIpc) is 2.25. The minimum Gasteiger partial charge on any atom is -0.491 e. The molecule has 1 rings (SSSR count). The van der Waals surface area contributed by atoms with Gasteiger partial charge in [-0.2, -0.15) is 0 Å². The summed E-state index contributed by atoms with van der Waals surface area (Å²) in [5.74, 6) is -3.92. The molecular formula is C9H6F5NO4. The van der Waals surface area contributed by atoms with Crippen LogP contribution in [0.3, 0.4) is 0 Å². The molecule has 0 aliphatic rings. The third kappa shape index (κ3) is 3.66. The van der Waals surface area contributed by atoms with Gasteiger partial charge in [-0.25, -0.2) is 18.6 Å². The van der Waals surface area contributed by atoms with E-state index in [0.717, 1.165) is 7.11 Å². The smallest absolute Gasteiger partial charge is 0.491 e. The number of ether oxygens (including phenoxy) is 2. The molecule has 19 heavy (non-hydrogen) atoms. The van der Waals surface area contributed by atoms with Crippen molar-refractivity contribution in [3.05, 3.63) is 17.5 Å². The van der Waals surface area contributed by atoms with Crippen molar-refractivity contribution < 1.29 is 41.3 Å². The van der Waals surface area contributed by atoms with Crippen molar-refractivity contribution in [1.29, 1.82) is 0 Å². The van der Waals surface area contributed by atoms with Gasteiger partial charge in [0.15, 0.2) is 17.2 Å². The van der Waals surface area contributed by atoms with E-state index in [1.807, 2.05) is 0 Å². The van der Waals surface area contributed by atoms with Gasteiger partial charge in [-0.15, -0.1) is 13.2 Å². The van der Waals surface area contributed by atoms with Gasteiger partial charge >= 0.3 is 12.3 Å². The predicted octanol–water partition coefficient (Wildman–Crippen LogP) is 2.62. The number of rotatable bonds is 4. The Morgan fingerprint density at radius 2 is 2.00 bits per heavy atom. The van der Waals surface area contributed by atoms with E-state index in [-0.39, 0.29) is 6.07 Å². The van der Waals surface area contributed by atoms with Crippen molar-refractivity contribution in [2.75, 3.05) is 7.11 Å². The number of hydrogen-bond donors (Lipinski definition) is 1. The first-order valence-electron chi connectivity index (χ1n) is 4.51. The fraction of sp³-hybridized carbons (Fsp3) is 0.333. The maximum absolute atomic E-state index is 12.4. The summed E-state index contributed by atoms with van der Waals surface area (Å²) >= 11 is 0. The largest absolute Gasteiger partial charge is 0.573 e. The van der Waals surface area contributed by atoms with Crippen LogP contribution in [0.25, 0.3) is 0 Å². The SMILES string of the molecule is COc1c(OC(F)(F)F)cc(C(F)F)nc1C(=O)O. The van der Waals surface area contributed by atoms with Gasteiger partial charge in [0.25, 0.3) is 6.43 Å². The summed E-state index contributed by atoms with van der Waals surface area (Å²) in [6.45, 7) is 0. The van der Waals surface area contributed by atoms with Gasteiger partial charge in [-0.1, -0.05) is 0 Å². The second kappa shape index (κ2) is 5.24. The second-order valence-corrected chi connectivity index (χ2v) is 3.08. The zero-order chi connectivity index (χ0) is 14.8. The highest BCUT2D eigenvalue weighted by Crippen LogP contribution is 2.36. The number of hydrogen-bond acceptors (Lipinski definition) is 4. The van der Waals surface area contributed by atoms with Gasteiger partial charge in [0.05, 0.1) is 7.11 Å². The maximum atomic E-state index is 12.4. The first kappa shape index (κ1) is 14.9. The molecule has 0 saturated heterocycles. The minimum absolute atomic E-state index is 0.267. The molecule has 0 unspecified atom stereocenters. The Bertz CT molecular complexity index is 488. The third-order valence-electron chi connectivity index (χ3n) is 1.81. The highest BCUT2D eigenvalue weighted by molar-refractivity contribution is 5.89. The molecule has 0 aliphatic carbocycles. The second-order valence-electron chi connectivity index (χ2n) is 3.08. The van der Waals surface area contributed by atoms with Crippen LogP contribution in [0.15, 0.2) is 6.07 Å². The topological polar surface area (TPSA) is 68.7 Å². The molecule has 0 saturated carbocycles. The molecule has 1 heterocycles. The molecule has 0 aliphatic heterocycles. The number of methoxy groups -OCH3 is 1. The molecule has 0 radical (unpaired) electrons. The molecule has 0 amide bonds. The van der Waals surface area contributed by atoms with E-state index >= 15 is 0 Å². The van der Waals surface area contributed by atoms with E-state index in [4.69, 9.17) is 5.11 Å². The van der Waals surface area contributed by atoms with Crippen LogP contribution in [0.1, 0.15) is 22.6 Å². The Labute approximate surface area is 102 Å². The number of carboxylic acid groups (broad SMARTS) is 1. The van der Waals surface area contributed by atoms with Gasteiger partial charge in [0.2, 0.25) is 0 Å². The van der Waals surface area contributed by atoms with E-state index in [1.165, 1.54) is 0 Å². The molecule has 10 heteroatoms. The van der Waals surface area contributed by atoms with Crippen LogP contribution in [0.5, 0.6) is 11.5 Å². The predicted molar refractivity (Wildman–Crippen MR) is 49.4 cm³/mol. The first-order chi connectivity index (χ1) is 8.65. The summed E-state index contributed by atoms with van der Waals surface area (Å²) in [6, 6.07) is 0.267. The summed E-state index contributed by atoms with van der Waals surface area (Å²) in [7, 11) is 0.856. The number of carboxylic acids is 1. The van der Waals surface area contributed by atoms with Crippen LogP contribution in [0, 0.1) is 0 Å². The minimum atomic E-state index is -5.19. The fourth-order valence-electron chi connectivity index (χ4n) is 1.18. The number of aromatic carboxylic acids is 1. The van der Waals surface area contributed by atoms with E-state index in [9.17, 15) is 26.7 Å². The molecule has 1 aromatic heterocycles.